The Balaban J connectivity index is 0.000000109. The first kappa shape index (κ1) is 71.5. The predicted molar refractivity (Wildman–Crippen MR) is 420 cm³/mol. The van der Waals surface area contributed by atoms with Crippen molar-refractivity contribution in [3.8, 4) is 44.5 Å². The molecule has 0 N–H and O–H groups in total. The monoisotopic (exact) mass is 1490 g/mol. The fourth-order valence-electron chi connectivity index (χ4n) is 14.6. The summed E-state index contributed by atoms with van der Waals surface area (Å²) in [5.74, 6) is -3.01. The van der Waals surface area contributed by atoms with Gasteiger partial charge in [-0.15, -0.1) is 0 Å². The lowest BCUT2D eigenvalue weighted by Gasteiger charge is -2.17. The summed E-state index contributed by atoms with van der Waals surface area (Å²) in [6.07, 6.45) is 13.4. The van der Waals surface area contributed by atoms with Crippen molar-refractivity contribution in [2.45, 2.75) is 52.4 Å². The van der Waals surface area contributed by atoms with Crippen molar-refractivity contribution < 1.29 is 41.1 Å². The van der Waals surface area contributed by atoms with Crippen molar-refractivity contribution in [1.29, 1.82) is 0 Å². The molecule has 0 atom stereocenters. The van der Waals surface area contributed by atoms with Crippen LogP contribution in [0.1, 0.15) is 86.5 Å². The molecule has 8 aromatic carbocycles. The van der Waals surface area contributed by atoms with Gasteiger partial charge in [-0.25, -0.2) is 22.0 Å². The lowest BCUT2D eigenvalue weighted by molar-refractivity contribution is 0.0754. The van der Waals surface area contributed by atoms with Crippen LogP contribution in [0.5, 0.6) is 0 Å². The number of rotatable bonds is 12. The third kappa shape index (κ3) is 14.8. The highest BCUT2D eigenvalue weighted by atomic mass is 19.1. The molecule has 4 aliphatic rings. The van der Waals surface area contributed by atoms with Gasteiger partial charge in [0.2, 0.25) is 0 Å². The van der Waals surface area contributed by atoms with Crippen LogP contribution in [0.3, 0.4) is 0 Å². The van der Waals surface area contributed by atoms with E-state index in [1.807, 2.05) is 158 Å². The van der Waals surface area contributed by atoms with Crippen LogP contribution in [0.25, 0.3) is 88.1 Å². The molecule has 0 spiro atoms. The molecule has 4 amide bonds. The zero-order valence-corrected chi connectivity index (χ0v) is 60.2. The molecule has 8 aromatic heterocycles. The number of amides is 4. The molecule has 0 saturated carbocycles. The smallest absolute Gasteiger partial charge is 0.273 e. The summed E-state index contributed by atoms with van der Waals surface area (Å²) < 4.78 is 74.1. The highest BCUT2D eigenvalue weighted by Gasteiger charge is 2.33. The lowest BCUT2D eigenvalue weighted by atomic mass is 9.99. The molecule has 16 aromatic rings. The molecule has 0 bridgehead atoms. The van der Waals surface area contributed by atoms with Crippen molar-refractivity contribution in [2.75, 3.05) is 0 Å². The summed E-state index contributed by atoms with van der Waals surface area (Å²) >= 11 is 0. The third-order valence-corrected chi connectivity index (χ3v) is 20.5. The van der Waals surface area contributed by atoms with Crippen LogP contribution in [0.2, 0.25) is 0 Å². The van der Waals surface area contributed by atoms with Gasteiger partial charge in [0, 0.05) is 143 Å². The van der Waals surface area contributed by atoms with Gasteiger partial charge in [-0.2, -0.15) is 0 Å². The van der Waals surface area contributed by atoms with Gasteiger partial charge < -0.3 is 19.6 Å². The minimum absolute atomic E-state index is 0.103. The lowest BCUT2D eigenvalue weighted by Crippen LogP contribution is -2.24. The van der Waals surface area contributed by atoms with Crippen LogP contribution in [-0.2, 0) is 52.4 Å². The van der Waals surface area contributed by atoms with Gasteiger partial charge in [-0.1, -0.05) is 109 Å². The van der Waals surface area contributed by atoms with E-state index in [4.69, 9.17) is 0 Å². The van der Waals surface area contributed by atoms with Crippen LogP contribution < -0.4 is 0 Å². The van der Waals surface area contributed by atoms with Gasteiger partial charge in [0.15, 0.2) is 0 Å². The predicted octanol–water partition coefficient (Wildman–Crippen LogP) is 18.5. The maximum absolute atomic E-state index is 14.9. The molecule has 21 heteroatoms. The second-order valence-corrected chi connectivity index (χ2v) is 27.6. The Bertz CT molecular complexity index is 6260. The standard InChI is InChI=1S/C23H15F2N3O.3C23H16FN3O/c24-19-10-16(14-5-6-21-15(9-14)3-1-7-26-21)11-20(25)18(19)12-28-13-22-17(23(28)29)4-2-8-27-22;24-20-12-15(18-5-1-7-21-19(18)6-3-10-25-21)8-9-16(20)13-27-14-17-4-2-11-26-22(17)23(27)28;24-20-12-16(15-7-8-21-17(11-15)3-1-9-25-21)5-6-18(20)13-27-14-22-19(23(27)28)4-2-10-26-22;24-20-11-15(19-10-16-4-1-2-6-21(16)26-12-19)7-8-17(20)13-27-14-18-5-3-9-25-22(18)23(27)28/h1-11H,12-13H2;3*1-12H,13-14H2. The highest BCUT2D eigenvalue weighted by Crippen LogP contribution is 2.35. The molecule has 12 heterocycles. The molecule has 0 unspecified atom stereocenters. The first-order chi connectivity index (χ1) is 55.2. The molecule has 0 fully saturated rings. The fraction of sp³-hybridized carbons (Fsp3) is 0.0870. The Morgan fingerprint density at radius 2 is 0.655 bits per heavy atom. The van der Waals surface area contributed by atoms with E-state index in [0.29, 0.717) is 75.7 Å². The van der Waals surface area contributed by atoms with Crippen molar-refractivity contribution >= 4 is 67.2 Å². The van der Waals surface area contributed by atoms with E-state index in [0.717, 1.165) is 93.8 Å². The van der Waals surface area contributed by atoms with E-state index in [1.54, 1.807) is 113 Å². The van der Waals surface area contributed by atoms with Crippen LogP contribution in [0.15, 0.2) is 286 Å². The zero-order valence-electron chi connectivity index (χ0n) is 60.2. The quantitative estimate of drug-likeness (QED) is 0.106. The maximum Gasteiger partial charge on any atom is 0.273 e. The van der Waals surface area contributed by atoms with E-state index >= 15 is 0 Å². The second kappa shape index (κ2) is 30.9. The Morgan fingerprint density at radius 3 is 1.19 bits per heavy atom. The molecule has 113 heavy (non-hydrogen) atoms. The fourth-order valence-corrected chi connectivity index (χ4v) is 14.6. The molecular weight excluding hydrogens is 1430 g/mol. The third-order valence-electron chi connectivity index (χ3n) is 20.5. The summed E-state index contributed by atoms with van der Waals surface area (Å²) in [5, 5.41) is 3.89. The summed E-state index contributed by atoms with van der Waals surface area (Å²) in [5.41, 5.74) is 16.2. The largest absolute Gasteiger partial charge is 0.328 e. The van der Waals surface area contributed by atoms with Gasteiger partial charge in [0.05, 0.1) is 64.2 Å². The van der Waals surface area contributed by atoms with Gasteiger partial charge >= 0.3 is 0 Å². The van der Waals surface area contributed by atoms with Crippen LogP contribution in [0.4, 0.5) is 22.0 Å². The molecule has 20 rings (SSSR count). The molecular formula is C92H63F5N12O4. The maximum atomic E-state index is 14.9. The number of hydrogen-bond donors (Lipinski definition) is 0. The Kier molecular flexibility index (Phi) is 19.5. The summed E-state index contributed by atoms with van der Waals surface area (Å²) in [6.45, 7) is 2.09. The summed E-state index contributed by atoms with van der Waals surface area (Å²) in [4.78, 5) is 90.2. The number of pyridine rings is 8. The number of benzene rings is 8. The molecule has 0 aliphatic carbocycles. The van der Waals surface area contributed by atoms with E-state index in [2.05, 4.69) is 39.9 Å². The van der Waals surface area contributed by atoms with Gasteiger partial charge in [-0.05, 0) is 166 Å². The molecule has 16 nitrogen and oxygen atoms in total. The van der Waals surface area contributed by atoms with Crippen LogP contribution in [-0.4, -0.2) is 83.1 Å². The molecule has 550 valence electrons. The van der Waals surface area contributed by atoms with Crippen molar-refractivity contribution in [3.63, 3.8) is 0 Å². The average Bonchev–Trinajstić information content (AvgIpc) is 1.68. The number of carbonyl (C=O) groups excluding carboxylic acids is 4. The number of nitrogens with zero attached hydrogens (tertiary/aromatic N) is 12. The first-order valence-electron chi connectivity index (χ1n) is 36.3. The summed E-state index contributed by atoms with van der Waals surface area (Å²) in [6, 6.07) is 70.8. The van der Waals surface area contributed by atoms with Gasteiger partial charge in [0.25, 0.3) is 23.6 Å². The van der Waals surface area contributed by atoms with Crippen molar-refractivity contribution in [1.82, 2.24) is 59.5 Å². The Labute approximate surface area is 643 Å². The SMILES string of the molecule is O=C1c2cccnc2CN1Cc1c(F)cc(-c2ccc3ncccc3c2)cc1F.O=C1c2cccnc2CN1Cc1ccc(-c2ccc3ncccc3c2)cc1F.O=C1c2ncccc2CN1Cc1ccc(-c2cccc3ncccc23)cc1F.O=C1c2ncccc2CN1Cc1ccc(-c2cnc3ccccc3c2)cc1F. The molecule has 0 radical (unpaired) electrons. The number of hydrogen-bond acceptors (Lipinski definition) is 12. The van der Waals surface area contributed by atoms with Gasteiger partial charge in [0.1, 0.15) is 40.5 Å². The van der Waals surface area contributed by atoms with E-state index in [-0.39, 0.29) is 79.4 Å². The van der Waals surface area contributed by atoms with Crippen molar-refractivity contribution in [2.24, 2.45) is 0 Å². The Morgan fingerprint density at radius 1 is 0.274 bits per heavy atom. The summed E-state index contributed by atoms with van der Waals surface area (Å²) in [7, 11) is 0. The van der Waals surface area contributed by atoms with Crippen LogP contribution in [0, 0.1) is 29.1 Å². The van der Waals surface area contributed by atoms with E-state index in [9.17, 15) is 41.1 Å². The zero-order chi connectivity index (χ0) is 77.2. The minimum Gasteiger partial charge on any atom is -0.328 e. The highest BCUT2D eigenvalue weighted by molar-refractivity contribution is 6.00. The van der Waals surface area contributed by atoms with E-state index in [1.165, 1.54) is 35.2 Å². The second-order valence-electron chi connectivity index (χ2n) is 27.6. The van der Waals surface area contributed by atoms with Crippen LogP contribution >= 0.6 is 0 Å². The number of aromatic nitrogens is 8. The number of fused-ring (bicyclic) bond motifs is 8. The molecule has 0 saturated heterocycles. The van der Waals surface area contributed by atoms with E-state index < -0.39 is 11.6 Å². The molecule has 4 aliphatic heterocycles. The minimum atomic E-state index is -0.678. The average molecular weight is 1500 g/mol. The number of carbonyl (C=O) groups is 4. The normalized spacial score (nSPS) is 13.2. The number of para-hydroxylation sites is 1. The number of halogens is 5. The Hall–Kier alpha value is -14.5. The first-order valence-corrected chi connectivity index (χ1v) is 36.3. The topological polar surface area (TPSA) is 184 Å². The van der Waals surface area contributed by atoms with Gasteiger partial charge in [-0.3, -0.25) is 59.0 Å². The van der Waals surface area contributed by atoms with Crippen molar-refractivity contribution in [3.05, 3.63) is 383 Å².